The highest BCUT2D eigenvalue weighted by Crippen LogP contribution is 2.37. The molecule has 1 aliphatic rings. The summed E-state index contributed by atoms with van der Waals surface area (Å²) < 4.78 is 2.37. The van der Waals surface area contributed by atoms with Crippen molar-refractivity contribution < 1.29 is 0 Å². The molecule has 2 heterocycles. The van der Waals surface area contributed by atoms with Gasteiger partial charge < -0.3 is 9.88 Å². The standard InChI is InChI=1S/C52H36N4/c1-33-12-10-14-37(30-33)51-53-50(54-52(55-51)38-28-29-44-42-18-3-2-16-40(42)41-17-4-5-19-43(41)47(44)32-38)35-26-24-34(25-27-35)36-13-11-15-39(31-36)56-48-22-8-6-20-45(48)46-21-7-9-23-49(46)56/h2-32,51H,1H3,(H,53,54,55). The third kappa shape index (κ3) is 5.30. The van der Waals surface area contributed by atoms with Gasteiger partial charge in [-0.2, -0.15) is 0 Å². The van der Waals surface area contributed by atoms with Crippen LogP contribution in [0.2, 0.25) is 0 Å². The van der Waals surface area contributed by atoms with E-state index < -0.39 is 0 Å². The van der Waals surface area contributed by atoms with Crippen LogP contribution in [-0.4, -0.2) is 16.2 Å². The van der Waals surface area contributed by atoms with Gasteiger partial charge in [0.15, 0.2) is 5.84 Å². The fourth-order valence-electron chi connectivity index (χ4n) is 8.63. The predicted molar refractivity (Wildman–Crippen MR) is 235 cm³/mol. The number of rotatable bonds is 5. The zero-order valence-electron chi connectivity index (χ0n) is 30.8. The second kappa shape index (κ2) is 12.9. The Kier molecular flexibility index (Phi) is 7.42. The van der Waals surface area contributed by atoms with Crippen LogP contribution in [0.4, 0.5) is 0 Å². The molecule has 0 spiro atoms. The molecule has 1 unspecified atom stereocenters. The van der Waals surface area contributed by atoms with Crippen molar-refractivity contribution in [3.63, 3.8) is 0 Å². The monoisotopic (exact) mass is 716 g/mol. The number of fused-ring (bicyclic) bond motifs is 9. The van der Waals surface area contributed by atoms with E-state index in [0.717, 1.165) is 39.3 Å². The van der Waals surface area contributed by atoms with Crippen LogP contribution >= 0.6 is 0 Å². The van der Waals surface area contributed by atoms with E-state index in [1.807, 2.05) is 0 Å². The summed E-state index contributed by atoms with van der Waals surface area (Å²) in [6.45, 7) is 2.12. The highest BCUT2D eigenvalue weighted by Gasteiger charge is 2.22. The molecule has 0 saturated heterocycles. The molecule has 264 valence electrons. The van der Waals surface area contributed by atoms with E-state index in [2.05, 4.69) is 205 Å². The van der Waals surface area contributed by atoms with E-state index in [4.69, 9.17) is 9.98 Å². The molecule has 0 radical (unpaired) electrons. The molecule has 0 bridgehead atoms. The Hall–Kier alpha value is -7.30. The first-order chi connectivity index (χ1) is 27.7. The number of aromatic nitrogens is 1. The Morgan fingerprint density at radius 1 is 0.429 bits per heavy atom. The third-order valence-corrected chi connectivity index (χ3v) is 11.3. The maximum absolute atomic E-state index is 5.23. The van der Waals surface area contributed by atoms with E-state index in [1.54, 1.807) is 0 Å². The van der Waals surface area contributed by atoms with Gasteiger partial charge in [0.25, 0.3) is 0 Å². The van der Waals surface area contributed by atoms with Gasteiger partial charge in [0.05, 0.1) is 11.0 Å². The maximum atomic E-state index is 5.23. The lowest BCUT2D eigenvalue weighted by Gasteiger charge is -2.24. The summed E-state index contributed by atoms with van der Waals surface area (Å²) in [4.78, 5) is 10.4. The third-order valence-electron chi connectivity index (χ3n) is 11.3. The van der Waals surface area contributed by atoms with Crippen molar-refractivity contribution in [1.82, 2.24) is 9.88 Å². The Bertz CT molecular complexity index is 3150. The minimum absolute atomic E-state index is 0.288. The summed E-state index contributed by atoms with van der Waals surface area (Å²) in [5.41, 5.74) is 10.1. The Morgan fingerprint density at radius 3 is 1.64 bits per heavy atom. The lowest BCUT2D eigenvalue weighted by Crippen LogP contribution is -2.33. The van der Waals surface area contributed by atoms with Crippen molar-refractivity contribution in [2.45, 2.75) is 13.1 Å². The number of hydrogen-bond donors (Lipinski definition) is 1. The van der Waals surface area contributed by atoms with Crippen molar-refractivity contribution in [3.05, 3.63) is 210 Å². The average molecular weight is 717 g/mol. The van der Waals surface area contributed by atoms with Crippen LogP contribution in [0.3, 0.4) is 0 Å². The molecule has 0 aliphatic carbocycles. The molecular weight excluding hydrogens is 681 g/mol. The average Bonchev–Trinajstić information content (AvgIpc) is 3.61. The van der Waals surface area contributed by atoms with Gasteiger partial charge in [0.2, 0.25) is 0 Å². The lowest BCUT2D eigenvalue weighted by atomic mass is 9.93. The van der Waals surface area contributed by atoms with Crippen molar-refractivity contribution >= 4 is 65.8 Å². The number of benzene rings is 9. The molecule has 56 heavy (non-hydrogen) atoms. The van der Waals surface area contributed by atoms with Crippen LogP contribution in [0.15, 0.2) is 198 Å². The SMILES string of the molecule is Cc1cccc(C2N=C(c3ccc(-c4cccc(-n5c6ccccc6c6ccccc65)c4)cc3)N=C(c3ccc4c5ccccc5c5ccccc5c4c3)N2)c1. The molecule has 1 N–H and O–H groups in total. The fraction of sp³-hybridized carbons (Fsp3) is 0.0385. The first-order valence-corrected chi connectivity index (χ1v) is 19.2. The van der Waals surface area contributed by atoms with Crippen LogP contribution in [0, 0.1) is 6.92 Å². The Balaban J connectivity index is 0.998. The molecule has 11 rings (SSSR count). The molecule has 1 aliphatic heterocycles. The first kappa shape index (κ1) is 32.2. The molecule has 1 aromatic heterocycles. The summed E-state index contributed by atoms with van der Waals surface area (Å²) >= 11 is 0. The largest absolute Gasteiger partial charge is 0.344 e. The van der Waals surface area contributed by atoms with Crippen LogP contribution in [0.25, 0.3) is 70.9 Å². The van der Waals surface area contributed by atoms with E-state index in [1.165, 1.54) is 59.7 Å². The second-order valence-electron chi connectivity index (χ2n) is 14.7. The van der Waals surface area contributed by atoms with Gasteiger partial charge in [-0.25, -0.2) is 9.98 Å². The van der Waals surface area contributed by atoms with Gasteiger partial charge in [-0.05, 0) is 86.3 Å². The molecule has 9 aromatic carbocycles. The fourth-order valence-corrected chi connectivity index (χ4v) is 8.63. The van der Waals surface area contributed by atoms with Crippen LogP contribution in [-0.2, 0) is 0 Å². The molecule has 10 aromatic rings. The summed E-state index contributed by atoms with van der Waals surface area (Å²) in [5.74, 6) is 1.52. The number of aliphatic imine (C=N–C) groups is 2. The van der Waals surface area contributed by atoms with Crippen LogP contribution in [0.5, 0.6) is 0 Å². The van der Waals surface area contributed by atoms with E-state index in [-0.39, 0.29) is 6.17 Å². The van der Waals surface area contributed by atoms with Crippen molar-refractivity contribution in [2.75, 3.05) is 0 Å². The van der Waals surface area contributed by atoms with Crippen molar-refractivity contribution in [3.8, 4) is 16.8 Å². The normalized spacial score (nSPS) is 14.3. The summed E-state index contributed by atoms with van der Waals surface area (Å²) in [7, 11) is 0. The topological polar surface area (TPSA) is 41.7 Å². The molecule has 0 fully saturated rings. The van der Waals surface area contributed by atoms with Crippen molar-refractivity contribution in [1.29, 1.82) is 0 Å². The molecule has 0 amide bonds. The molecule has 0 saturated carbocycles. The predicted octanol–water partition coefficient (Wildman–Crippen LogP) is 12.7. The minimum atomic E-state index is -0.288. The summed E-state index contributed by atoms with van der Waals surface area (Å²) in [5, 5.41) is 13.7. The zero-order valence-corrected chi connectivity index (χ0v) is 30.8. The lowest BCUT2D eigenvalue weighted by molar-refractivity contribution is 0.673. The number of hydrogen-bond acceptors (Lipinski definition) is 3. The number of aryl methyl sites for hydroxylation is 1. The highest BCUT2D eigenvalue weighted by atomic mass is 15.2. The van der Waals surface area contributed by atoms with E-state index >= 15 is 0 Å². The number of para-hydroxylation sites is 2. The number of amidine groups is 2. The van der Waals surface area contributed by atoms with Crippen molar-refractivity contribution in [2.24, 2.45) is 9.98 Å². The maximum Gasteiger partial charge on any atom is 0.159 e. The first-order valence-electron chi connectivity index (χ1n) is 19.2. The van der Waals surface area contributed by atoms with Gasteiger partial charge in [-0.15, -0.1) is 0 Å². The van der Waals surface area contributed by atoms with Crippen LogP contribution in [0.1, 0.15) is 28.4 Å². The van der Waals surface area contributed by atoms with E-state index in [0.29, 0.717) is 5.84 Å². The smallest absolute Gasteiger partial charge is 0.159 e. The van der Waals surface area contributed by atoms with Gasteiger partial charge in [0.1, 0.15) is 12.0 Å². The molecule has 1 atom stereocenters. The Morgan fingerprint density at radius 2 is 0.982 bits per heavy atom. The molecule has 4 heteroatoms. The van der Waals surface area contributed by atoms with E-state index in [9.17, 15) is 0 Å². The Labute approximate surface area is 324 Å². The zero-order chi connectivity index (χ0) is 37.2. The second-order valence-corrected chi connectivity index (χ2v) is 14.7. The summed E-state index contributed by atoms with van der Waals surface area (Å²) in [6.07, 6.45) is -0.288. The number of nitrogens with zero attached hydrogens (tertiary/aromatic N) is 3. The molecular formula is C52H36N4. The highest BCUT2D eigenvalue weighted by molar-refractivity contribution is 6.26. The number of nitrogens with one attached hydrogen (secondary N) is 1. The minimum Gasteiger partial charge on any atom is -0.344 e. The molecule has 4 nitrogen and oxygen atoms in total. The quantitative estimate of drug-likeness (QED) is 0.177. The van der Waals surface area contributed by atoms with Gasteiger partial charge >= 0.3 is 0 Å². The summed E-state index contributed by atoms with van der Waals surface area (Å²) in [6, 6.07) is 67.5. The van der Waals surface area contributed by atoms with Crippen LogP contribution < -0.4 is 5.32 Å². The van der Waals surface area contributed by atoms with Gasteiger partial charge in [-0.1, -0.05) is 163 Å². The van der Waals surface area contributed by atoms with Gasteiger partial charge in [-0.3, -0.25) is 0 Å². The van der Waals surface area contributed by atoms with Gasteiger partial charge in [0, 0.05) is 27.6 Å².